The molecule has 2 unspecified atom stereocenters. The standard InChI is InChI=1S/C48H52N2O8/c1-23(2)33-31-17-25(5)35(41(51)37(31)39(45(55)43(33)53)47-49-29(21-57-47)19-27-13-9-7-10-14-27)36-26(6)18-32-34(24(3)4)44(54)46(56)40(38(32)42(36)52)48-50-30(22-58-48)20-28-15-11-8-12-16-28/h7-18,23-24,29-30,47-56H,19-22H2,1-6H3/t29-,30-,47?,48?/m0/s1. The normalized spacial score (nSPS) is 19.7. The summed E-state index contributed by atoms with van der Waals surface area (Å²) in [6.45, 7) is 12.0. The first kappa shape index (κ1) is 39.3. The summed E-state index contributed by atoms with van der Waals surface area (Å²) in [6, 6.07) is 23.5. The minimum atomic E-state index is -0.870. The predicted molar refractivity (Wildman–Crippen MR) is 226 cm³/mol. The van der Waals surface area contributed by atoms with Gasteiger partial charge in [0.1, 0.15) is 24.0 Å². The molecule has 0 radical (unpaired) electrons. The molecular weight excluding hydrogens is 733 g/mol. The van der Waals surface area contributed by atoms with Crippen molar-refractivity contribution in [1.82, 2.24) is 10.6 Å². The quantitative estimate of drug-likeness (QED) is 0.0663. The summed E-state index contributed by atoms with van der Waals surface area (Å²) < 4.78 is 12.5. The lowest BCUT2D eigenvalue weighted by Gasteiger charge is -2.26. The Labute approximate surface area is 338 Å². The molecule has 2 saturated heterocycles. The Morgan fingerprint density at radius 3 is 1.24 bits per heavy atom. The van der Waals surface area contributed by atoms with E-state index in [2.05, 4.69) is 10.6 Å². The molecule has 0 saturated carbocycles. The van der Waals surface area contributed by atoms with Gasteiger partial charge in [-0.2, -0.15) is 0 Å². The van der Waals surface area contributed by atoms with Crippen molar-refractivity contribution in [3.63, 3.8) is 0 Å². The first-order valence-electron chi connectivity index (χ1n) is 20.1. The van der Waals surface area contributed by atoms with Crippen LogP contribution in [0.1, 0.15) is 96.5 Å². The number of fused-ring (bicyclic) bond motifs is 2. The van der Waals surface area contributed by atoms with Crippen LogP contribution < -0.4 is 10.6 Å². The molecule has 0 amide bonds. The zero-order valence-corrected chi connectivity index (χ0v) is 33.7. The maximum absolute atomic E-state index is 12.7. The molecule has 10 heteroatoms. The molecule has 10 nitrogen and oxygen atoms in total. The molecule has 0 aliphatic carbocycles. The SMILES string of the molecule is Cc1cc2c(C(C)C)c(O)c(O)c(C3N[C@@H](Cc4ccccc4)CO3)c2c(O)c1-c1c(C)cc2c(C(C)C)c(O)c(O)c(C3N[C@@H](Cc4ccccc4)CO3)c2c1O. The minimum Gasteiger partial charge on any atom is -0.507 e. The second-order valence-electron chi connectivity index (χ2n) is 16.6. The molecule has 2 aliphatic rings. The fraction of sp³-hybridized carbons (Fsp3) is 0.333. The largest absolute Gasteiger partial charge is 0.507 e. The number of phenolic OH excluding ortho intramolecular Hbond substituents is 6. The average molecular weight is 785 g/mol. The molecule has 302 valence electrons. The number of rotatable bonds is 9. The Morgan fingerprint density at radius 1 is 0.534 bits per heavy atom. The number of nitrogens with one attached hydrogen (secondary N) is 2. The Bertz CT molecular complexity index is 2360. The van der Waals surface area contributed by atoms with E-state index in [4.69, 9.17) is 9.47 Å². The zero-order chi connectivity index (χ0) is 41.2. The molecule has 4 atom stereocenters. The second kappa shape index (κ2) is 15.3. The highest BCUT2D eigenvalue weighted by molar-refractivity contribution is 6.08. The summed E-state index contributed by atoms with van der Waals surface area (Å²) >= 11 is 0. The summed E-state index contributed by atoms with van der Waals surface area (Å²) in [6.07, 6.45) is -0.402. The summed E-state index contributed by atoms with van der Waals surface area (Å²) in [5.41, 5.74) is 5.41. The van der Waals surface area contributed by atoms with E-state index in [-0.39, 0.29) is 68.8 Å². The highest BCUT2D eigenvalue weighted by Crippen LogP contribution is 2.56. The predicted octanol–water partition coefficient (Wildman–Crippen LogP) is 9.22. The number of benzene rings is 6. The van der Waals surface area contributed by atoms with Gasteiger partial charge in [-0.25, -0.2) is 0 Å². The molecular formula is C48H52N2O8. The molecule has 2 fully saturated rings. The van der Waals surface area contributed by atoms with Crippen molar-refractivity contribution >= 4 is 21.5 Å². The average Bonchev–Trinajstić information content (AvgIpc) is 3.84. The Hall–Kier alpha value is -5.52. The van der Waals surface area contributed by atoms with Gasteiger partial charge in [-0.05, 0) is 71.6 Å². The Morgan fingerprint density at radius 2 is 0.897 bits per heavy atom. The van der Waals surface area contributed by atoms with Gasteiger partial charge in [-0.3, -0.25) is 10.6 Å². The maximum Gasteiger partial charge on any atom is 0.165 e. The third kappa shape index (κ3) is 6.63. The zero-order valence-electron chi connectivity index (χ0n) is 33.7. The first-order valence-corrected chi connectivity index (χ1v) is 20.1. The van der Waals surface area contributed by atoms with Gasteiger partial charge in [0.15, 0.2) is 23.0 Å². The van der Waals surface area contributed by atoms with Crippen LogP contribution in [0.4, 0.5) is 0 Å². The van der Waals surface area contributed by atoms with E-state index in [0.717, 1.165) is 11.1 Å². The van der Waals surface area contributed by atoms with Crippen LogP contribution in [0.2, 0.25) is 0 Å². The molecule has 0 spiro atoms. The molecule has 2 heterocycles. The summed E-state index contributed by atoms with van der Waals surface area (Å²) in [5.74, 6) is -2.21. The summed E-state index contributed by atoms with van der Waals surface area (Å²) in [5, 5.41) is 80.5. The van der Waals surface area contributed by atoms with Crippen LogP contribution in [-0.4, -0.2) is 55.9 Å². The molecule has 0 aromatic heterocycles. The van der Waals surface area contributed by atoms with Crippen molar-refractivity contribution in [1.29, 1.82) is 0 Å². The monoisotopic (exact) mass is 784 g/mol. The van der Waals surface area contributed by atoms with Crippen LogP contribution in [0, 0.1) is 13.8 Å². The molecule has 58 heavy (non-hydrogen) atoms. The number of aromatic hydroxyl groups is 6. The lowest BCUT2D eigenvalue weighted by molar-refractivity contribution is 0.0991. The van der Waals surface area contributed by atoms with E-state index in [1.807, 2.05) is 114 Å². The Kier molecular flexibility index (Phi) is 10.4. The highest BCUT2D eigenvalue weighted by Gasteiger charge is 2.37. The van der Waals surface area contributed by atoms with Crippen LogP contribution in [0.3, 0.4) is 0 Å². The summed E-state index contributed by atoms with van der Waals surface area (Å²) in [7, 11) is 0. The number of hydrogen-bond donors (Lipinski definition) is 8. The van der Waals surface area contributed by atoms with Gasteiger partial charge < -0.3 is 40.1 Å². The third-order valence-corrected chi connectivity index (χ3v) is 11.9. The van der Waals surface area contributed by atoms with E-state index >= 15 is 0 Å². The van der Waals surface area contributed by atoms with Crippen LogP contribution in [0.15, 0.2) is 72.8 Å². The first-order chi connectivity index (χ1) is 27.8. The van der Waals surface area contributed by atoms with Crippen molar-refractivity contribution in [2.75, 3.05) is 13.2 Å². The second-order valence-corrected chi connectivity index (χ2v) is 16.6. The van der Waals surface area contributed by atoms with E-state index < -0.39 is 24.0 Å². The fourth-order valence-corrected chi connectivity index (χ4v) is 9.29. The Balaban J connectivity index is 1.33. The molecule has 8 rings (SSSR count). The van der Waals surface area contributed by atoms with E-state index in [1.165, 1.54) is 0 Å². The fourth-order valence-electron chi connectivity index (χ4n) is 9.29. The van der Waals surface area contributed by atoms with Gasteiger partial charge >= 0.3 is 0 Å². The number of phenols is 6. The van der Waals surface area contributed by atoms with Crippen LogP contribution in [-0.2, 0) is 22.3 Å². The van der Waals surface area contributed by atoms with Gasteiger partial charge in [-0.1, -0.05) is 100 Å². The number of ether oxygens (including phenoxy) is 2. The van der Waals surface area contributed by atoms with Crippen molar-refractivity contribution in [3.05, 3.63) is 117 Å². The van der Waals surface area contributed by atoms with Gasteiger partial charge in [-0.15, -0.1) is 0 Å². The molecule has 2 aliphatic heterocycles. The van der Waals surface area contributed by atoms with Crippen molar-refractivity contribution in [2.24, 2.45) is 0 Å². The van der Waals surface area contributed by atoms with Crippen molar-refractivity contribution < 1.29 is 40.1 Å². The van der Waals surface area contributed by atoms with Gasteiger partial charge in [0.25, 0.3) is 0 Å². The van der Waals surface area contributed by atoms with Gasteiger partial charge in [0.2, 0.25) is 0 Å². The van der Waals surface area contributed by atoms with Gasteiger partial charge in [0, 0.05) is 45.1 Å². The smallest absolute Gasteiger partial charge is 0.165 e. The molecule has 8 N–H and O–H groups in total. The van der Waals surface area contributed by atoms with Crippen molar-refractivity contribution in [2.45, 2.75) is 90.8 Å². The highest BCUT2D eigenvalue weighted by atomic mass is 16.5. The van der Waals surface area contributed by atoms with Crippen LogP contribution >= 0.6 is 0 Å². The molecule has 0 bridgehead atoms. The lowest BCUT2D eigenvalue weighted by atomic mass is 9.82. The van der Waals surface area contributed by atoms with Crippen LogP contribution in [0.25, 0.3) is 32.7 Å². The van der Waals surface area contributed by atoms with Crippen LogP contribution in [0.5, 0.6) is 34.5 Å². The maximum atomic E-state index is 12.7. The van der Waals surface area contributed by atoms with Crippen molar-refractivity contribution in [3.8, 4) is 45.6 Å². The minimum absolute atomic E-state index is 0.107. The van der Waals surface area contributed by atoms with E-state index in [0.29, 0.717) is 70.2 Å². The number of aryl methyl sites for hydroxylation is 2. The van der Waals surface area contributed by atoms with E-state index in [1.54, 1.807) is 0 Å². The third-order valence-electron chi connectivity index (χ3n) is 11.9. The van der Waals surface area contributed by atoms with E-state index in [9.17, 15) is 30.6 Å². The molecule has 6 aromatic carbocycles. The molecule has 6 aromatic rings. The number of hydrogen-bond acceptors (Lipinski definition) is 10. The lowest BCUT2D eigenvalue weighted by Crippen LogP contribution is -2.28. The topological polar surface area (TPSA) is 164 Å². The summed E-state index contributed by atoms with van der Waals surface area (Å²) in [4.78, 5) is 0. The van der Waals surface area contributed by atoms with Gasteiger partial charge in [0.05, 0.1) is 24.3 Å².